The van der Waals surface area contributed by atoms with Crippen LogP contribution in [0.4, 0.5) is 0 Å². The molecular formula is C14H20N4. The molecule has 0 aliphatic heterocycles. The van der Waals surface area contributed by atoms with Gasteiger partial charge in [0, 0.05) is 18.9 Å². The molecule has 0 aliphatic rings. The average molecular weight is 244 g/mol. The minimum absolute atomic E-state index is 0.0137. The number of para-hydroxylation sites is 1. The summed E-state index contributed by atoms with van der Waals surface area (Å²) in [6, 6.07) is 8.10. The molecule has 0 spiro atoms. The zero-order valence-electron chi connectivity index (χ0n) is 11.2. The van der Waals surface area contributed by atoms with Crippen molar-refractivity contribution in [1.82, 2.24) is 14.8 Å². The van der Waals surface area contributed by atoms with Gasteiger partial charge in [-0.1, -0.05) is 32.0 Å². The molecule has 1 heterocycles. The Balaban J connectivity index is 2.57. The summed E-state index contributed by atoms with van der Waals surface area (Å²) in [5.41, 5.74) is 8.16. The summed E-state index contributed by atoms with van der Waals surface area (Å²) < 4.78 is 1.93. The summed E-state index contributed by atoms with van der Waals surface area (Å²) in [6.45, 7) is 6.15. The van der Waals surface area contributed by atoms with Gasteiger partial charge in [-0.2, -0.15) is 5.10 Å². The molecule has 18 heavy (non-hydrogen) atoms. The molecule has 0 amide bonds. The highest BCUT2D eigenvalue weighted by Gasteiger charge is 2.13. The number of aromatic nitrogens is 3. The SMILES string of the molecule is CCc1nc(CC)n(-c2ccccc2[C@H](C)N)n1. The molecule has 0 bridgehead atoms. The fraction of sp³-hybridized carbons (Fsp3) is 0.429. The van der Waals surface area contributed by atoms with E-state index in [1.165, 1.54) is 0 Å². The molecule has 2 aromatic rings. The maximum atomic E-state index is 6.02. The van der Waals surface area contributed by atoms with Crippen molar-refractivity contribution in [2.24, 2.45) is 5.73 Å². The van der Waals surface area contributed by atoms with Crippen molar-refractivity contribution >= 4 is 0 Å². The maximum Gasteiger partial charge on any atom is 0.151 e. The average Bonchev–Trinajstić information content (AvgIpc) is 2.81. The van der Waals surface area contributed by atoms with E-state index in [1.54, 1.807) is 0 Å². The Kier molecular flexibility index (Phi) is 3.77. The van der Waals surface area contributed by atoms with Gasteiger partial charge in [-0.3, -0.25) is 0 Å². The Morgan fingerprint density at radius 1 is 1.22 bits per heavy atom. The molecule has 0 aliphatic carbocycles. The van der Waals surface area contributed by atoms with Crippen molar-refractivity contribution in [3.05, 3.63) is 41.5 Å². The molecule has 2 rings (SSSR count). The molecular weight excluding hydrogens is 224 g/mol. The van der Waals surface area contributed by atoms with Gasteiger partial charge in [-0.25, -0.2) is 9.67 Å². The fourth-order valence-electron chi connectivity index (χ4n) is 2.03. The van der Waals surface area contributed by atoms with E-state index in [9.17, 15) is 0 Å². The predicted molar refractivity (Wildman–Crippen MR) is 72.7 cm³/mol. The number of hydrogen-bond donors (Lipinski definition) is 1. The summed E-state index contributed by atoms with van der Waals surface area (Å²) in [7, 11) is 0. The third kappa shape index (κ3) is 2.29. The molecule has 4 heteroatoms. The van der Waals surface area contributed by atoms with Gasteiger partial charge in [0.1, 0.15) is 5.82 Å². The molecule has 1 atom stereocenters. The van der Waals surface area contributed by atoms with Gasteiger partial charge in [-0.05, 0) is 18.6 Å². The predicted octanol–water partition coefficient (Wildman–Crippen LogP) is 2.41. The Labute approximate surface area is 108 Å². The highest BCUT2D eigenvalue weighted by Crippen LogP contribution is 2.20. The van der Waals surface area contributed by atoms with Gasteiger partial charge >= 0.3 is 0 Å². The number of benzene rings is 1. The lowest BCUT2D eigenvalue weighted by Crippen LogP contribution is -2.12. The van der Waals surface area contributed by atoms with Crippen LogP contribution in [-0.4, -0.2) is 14.8 Å². The molecule has 1 aromatic carbocycles. The second-order valence-electron chi connectivity index (χ2n) is 4.41. The highest BCUT2D eigenvalue weighted by molar-refractivity contribution is 5.42. The summed E-state index contributed by atoms with van der Waals surface area (Å²) in [4.78, 5) is 4.54. The fourth-order valence-corrected chi connectivity index (χ4v) is 2.03. The van der Waals surface area contributed by atoms with Gasteiger partial charge in [0.2, 0.25) is 0 Å². The van der Waals surface area contributed by atoms with E-state index in [0.717, 1.165) is 35.7 Å². The van der Waals surface area contributed by atoms with Crippen molar-refractivity contribution in [2.45, 2.75) is 39.7 Å². The molecule has 0 unspecified atom stereocenters. The number of hydrogen-bond acceptors (Lipinski definition) is 3. The van der Waals surface area contributed by atoms with Crippen molar-refractivity contribution in [1.29, 1.82) is 0 Å². The Morgan fingerprint density at radius 3 is 2.56 bits per heavy atom. The second kappa shape index (κ2) is 5.31. The van der Waals surface area contributed by atoms with Crippen LogP contribution in [-0.2, 0) is 12.8 Å². The van der Waals surface area contributed by atoms with Crippen LogP contribution in [0.25, 0.3) is 5.69 Å². The zero-order chi connectivity index (χ0) is 13.1. The molecule has 0 radical (unpaired) electrons. The number of nitrogens with zero attached hydrogens (tertiary/aromatic N) is 3. The lowest BCUT2D eigenvalue weighted by atomic mass is 10.1. The first-order valence-electron chi connectivity index (χ1n) is 6.47. The van der Waals surface area contributed by atoms with Crippen LogP contribution in [0, 0.1) is 0 Å². The van der Waals surface area contributed by atoms with E-state index in [-0.39, 0.29) is 6.04 Å². The van der Waals surface area contributed by atoms with Crippen molar-refractivity contribution in [2.75, 3.05) is 0 Å². The van der Waals surface area contributed by atoms with Crippen molar-refractivity contribution in [3.63, 3.8) is 0 Å². The van der Waals surface area contributed by atoms with Crippen LogP contribution in [0.1, 0.15) is 44.0 Å². The first-order chi connectivity index (χ1) is 8.67. The molecule has 0 saturated heterocycles. The van der Waals surface area contributed by atoms with Crippen LogP contribution in [0.3, 0.4) is 0 Å². The first kappa shape index (κ1) is 12.8. The van der Waals surface area contributed by atoms with Crippen molar-refractivity contribution < 1.29 is 0 Å². The van der Waals surface area contributed by atoms with E-state index in [4.69, 9.17) is 5.73 Å². The molecule has 4 nitrogen and oxygen atoms in total. The standard InChI is InChI=1S/C14H20N4/c1-4-13-16-14(5-2)18(17-13)12-9-7-6-8-11(12)10(3)15/h6-10H,4-5,15H2,1-3H3/t10-/m0/s1. The van der Waals surface area contributed by atoms with Gasteiger partial charge in [0.25, 0.3) is 0 Å². The minimum atomic E-state index is -0.0137. The van der Waals surface area contributed by atoms with E-state index >= 15 is 0 Å². The molecule has 0 saturated carbocycles. The number of aryl methyl sites for hydroxylation is 2. The van der Waals surface area contributed by atoms with Crippen LogP contribution in [0.5, 0.6) is 0 Å². The molecule has 1 aromatic heterocycles. The summed E-state index contributed by atoms with van der Waals surface area (Å²) >= 11 is 0. The van der Waals surface area contributed by atoms with Crippen LogP contribution >= 0.6 is 0 Å². The molecule has 0 fully saturated rings. The van der Waals surface area contributed by atoms with Crippen LogP contribution in [0.15, 0.2) is 24.3 Å². The smallest absolute Gasteiger partial charge is 0.151 e. The normalized spacial score (nSPS) is 12.7. The summed E-state index contributed by atoms with van der Waals surface area (Å²) in [5.74, 6) is 1.87. The van der Waals surface area contributed by atoms with E-state index in [1.807, 2.05) is 35.9 Å². The third-order valence-electron chi connectivity index (χ3n) is 3.01. The van der Waals surface area contributed by atoms with Crippen LogP contribution < -0.4 is 5.73 Å². The maximum absolute atomic E-state index is 6.02. The van der Waals surface area contributed by atoms with Gasteiger partial charge in [0.15, 0.2) is 5.82 Å². The largest absolute Gasteiger partial charge is 0.324 e. The molecule has 96 valence electrons. The Morgan fingerprint density at radius 2 is 1.94 bits per heavy atom. The quantitative estimate of drug-likeness (QED) is 0.898. The minimum Gasteiger partial charge on any atom is -0.324 e. The monoisotopic (exact) mass is 244 g/mol. The van der Waals surface area contributed by atoms with E-state index in [0.29, 0.717) is 0 Å². The summed E-state index contributed by atoms with van der Waals surface area (Å²) in [6.07, 6.45) is 1.71. The number of nitrogens with two attached hydrogens (primary N) is 1. The third-order valence-corrected chi connectivity index (χ3v) is 3.01. The highest BCUT2D eigenvalue weighted by atomic mass is 15.4. The topological polar surface area (TPSA) is 56.7 Å². The number of rotatable bonds is 4. The lowest BCUT2D eigenvalue weighted by Gasteiger charge is -2.13. The second-order valence-corrected chi connectivity index (χ2v) is 4.41. The van der Waals surface area contributed by atoms with E-state index in [2.05, 4.69) is 23.9 Å². The summed E-state index contributed by atoms with van der Waals surface area (Å²) in [5, 5.41) is 4.56. The van der Waals surface area contributed by atoms with Crippen molar-refractivity contribution in [3.8, 4) is 5.69 Å². The van der Waals surface area contributed by atoms with Gasteiger partial charge in [0.05, 0.1) is 5.69 Å². The molecule has 2 N–H and O–H groups in total. The Hall–Kier alpha value is -1.68. The van der Waals surface area contributed by atoms with Gasteiger partial charge in [-0.15, -0.1) is 0 Å². The first-order valence-corrected chi connectivity index (χ1v) is 6.47. The Bertz CT molecular complexity index is 528. The lowest BCUT2D eigenvalue weighted by molar-refractivity contribution is 0.748. The van der Waals surface area contributed by atoms with E-state index < -0.39 is 0 Å². The zero-order valence-corrected chi connectivity index (χ0v) is 11.2. The van der Waals surface area contributed by atoms with Crippen LogP contribution in [0.2, 0.25) is 0 Å². The van der Waals surface area contributed by atoms with Gasteiger partial charge < -0.3 is 5.73 Å².